The van der Waals surface area contributed by atoms with Gasteiger partial charge in [0.1, 0.15) is 6.04 Å². The van der Waals surface area contributed by atoms with E-state index >= 15 is 0 Å². The standard InChI is InChI=1S/C9H11NO3S/c1-2-13-9(12)6-3-4-14-8-5-7(11)10(6)8/h3-4,6,8H,2,5H2,1H3/t6?,8-/m1/s1. The van der Waals surface area contributed by atoms with Gasteiger partial charge in [-0.15, -0.1) is 11.8 Å². The van der Waals surface area contributed by atoms with Crippen LogP contribution in [0, 0.1) is 0 Å². The fourth-order valence-corrected chi connectivity index (χ4v) is 2.61. The molecule has 0 bridgehead atoms. The molecular formula is C9H11NO3S. The van der Waals surface area contributed by atoms with Crippen molar-refractivity contribution in [3.8, 4) is 0 Å². The minimum Gasteiger partial charge on any atom is -0.464 e. The Morgan fingerprint density at radius 1 is 1.79 bits per heavy atom. The Labute approximate surface area is 86.3 Å². The molecule has 0 aliphatic carbocycles. The predicted octanol–water partition coefficient (Wildman–Crippen LogP) is 0.737. The second-order valence-electron chi connectivity index (χ2n) is 3.12. The van der Waals surface area contributed by atoms with Gasteiger partial charge in [-0.2, -0.15) is 0 Å². The highest BCUT2D eigenvalue weighted by molar-refractivity contribution is 8.02. The Balaban J connectivity index is 2.09. The van der Waals surface area contributed by atoms with Crippen molar-refractivity contribution in [2.75, 3.05) is 6.61 Å². The lowest BCUT2D eigenvalue weighted by Crippen LogP contribution is -2.59. The summed E-state index contributed by atoms with van der Waals surface area (Å²) in [4.78, 5) is 24.3. The molecule has 4 nitrogen and oxygen atoms in total. The van der Waals surface area contributed by atoms with Crippen molar-refractivity contribution in [1.29, 1.82) is 0 Å². The van der Waals surface area contributed by atoms with Crippen LogP contribution in [0.3, 0.4) is 0 Å². The van der Waals surface area contributed by atoms with Crippen molar-refractivity contribution in [2.24, 2.45) is 0 Å². The van der Waals surface area contributed by atoms with Crippen molar-refractivity contribution in [3.05, 3.63) is 11.5 Å². The molecule has 0 N–H and O–H groups in total. The monoisotopic (exact) mass is 213 g/mol. The first-order chi connectivity index (χ1) is 6.74. The third kappa shape index (κ3) is 1.41. The van der Waals surface area contributed by atoms with Gasteiger partial charge in [-0.3, -0.25) is 4.79 Å². The van der Waals surface area contributed by atoms with E-state index in [0.29, 0.717) is 13.0 Å². The molecule has 2 heterocycles. The number of esters is 1. The molecular weight excluding hydrogens is 202 g/mol. The van der Waals surface area contributed by atoms with Crippen LogP contribution in [0.2, 0.25) is 0 Å². The molecule has 14 heavy (non-hydrogen) atoms. The van der Waals surface area contributed by atoms with Gasteiger partial charge in [-0.1, -0.05) is 0 Å². The number of hydrogen-bond donors (Lipinski definition) is 0. The molecule has 0 aromatic heterocycles. The SMILES string of the molecule is CCOC(=O)C1C=CS[C@@H]2CC(=O)N12. The van der Waals surface area contributed by atoms with E-state index in [1.54, 1.807) is 29.7 Å². The first-order valence-electron chi connectivity index (χ1n) is 4.54. The number of β-lactam (4-membered cyclic amide) rings is 1. The van der Waals surface area contributed by atoms with Crippen LogP contribution in [0.4, 0.5) is 0 Å². The summed E-state index contributed by atoms with van der Waals surface area (Å²) in [5.74, 6) is -0.299. The number of rotatable bonds is 2. The highest BCUT2D eigenvalue weighted by Crippen LogP contribution is 2.36. The van der Waals surface area contributed by atoms with Gasteiger partial charge >= 0.3 is 5.97 Å². The summed E-state index contributed by atoms with van der Waals surface area (Å²) in [6, 6.07) is -0.498. The topological polar surface area (TPSA) is 46.6 Å². The van der Waals surface area contributed by atoms with Crippen LogP contribution in [0.5, 0.6) is 0 Å². The lowest BCUT2D eigenvalue weighted by molar-refractivity contribution is -0.158. The molecule has 2 aliphatic heterocycles. The number of amides is 1. The summed E-state index contributed by atoms with van der Waals surface area (Å²) in [5, 5.41) is 2.01. The van der Waals surface area contributed by atoms with Crippen LogP contribution in [-0.2, 0) is 14.3 Å². The first-order valence-corrected chi connectivity index (χ1v) is 5.48. The van der Waals surface area contributed by atoms with Crippen LogP contribution in [0.15, 0.2) is 11.5 Å². The summed E-state index contributed by atoms with van der Waals surface area (Å²) in [6.45, 7) is 2.11. The second kappa shape index (κ2) is 3.65. The molecule has 2 atom stereocenters. The Bertz CT molecular complexity index is 302. The van der Waals surface area contributed by atoms with Gasteiger partial charge in [-0.05, 0) is 18.4 Å². The zero-order valence-corrected chi connectivity index (χ0v) is 8.62. The molecule has 1 saturated heterocycles. The molecule has 0 aromatic rings. The van der Waals surface area contributed by atoms with Crippen LogP contribution < -0.4 is 0 Å². The van der Waals surface area contributed by atoms with Gasteiger partial charge in [0.15, 0.2) is 0 Å². The van der Waals surface area contributed by atoms with Gasteiger partial charge in [0.05, 0.1) is 18.4 Å². The second-order valence-corrected chi connectivity index (χ2v) is 4.21. The molecule has 1 fully saturated rings. The van der Waals surface area contributed by atoms with E-state index in [9.17, 15) is 9.59 Å². The smallest absolute Gasteiger partial charge is 0.332 e. The van der Waals surface area contributed by atoms with E-state index in [2.05, 4.69) is 0 Å². The summed E-state index contributed by atoms with van der Waals surface area (Å²) < 4.78 is 4.89. The summed E-state index contributed by atoms with van der Waals surface area (Å²) in [5.41, 5.74) is 0. The molecule has 2 rings (SSSR count). The van der Waals surface area contributed by atoms with Crippen LogP contribution in [0.1, 0.15) is 13.3 Å². The maximum absolute atomic E-state index is 11.5. The maximum Gasteiger partial charge on any atom is 0.332 e. The van der Waals surface area contributed by atoms with Gasteiger partial charge in [-0.25, -0.2) is 4.79 Å². The Morgan fingerprint density at radius 2 is 2.57 bits per heavy atom. The number of ether oxygens (including phenoxy) is 1. The molecule has 5 heteroatoms. The summed E-state index contributed by atoms with van der Waals surface area (Å²) >= 11 is 1.57. The zero-order chi connectivity index (χ0) is 10.1. The van der Waals surface area contributed by atoms with E-state index in [1.807, 2.05) is 5.41 Å². The highest BCUT2D eigenvalue weighted by Gasteiger charge is 2.45. The van der Waals surface area contributed by atoms with Crippen LogP contribution in [-0.4, -0.2) is 34.8 Å². The number of thioether (sulfide) groups is 1. The number of hydrogen-bond acceptors (Lipinski definition) is 4. The van der Waals surface area contributed by atoms with Crippen molar-refractivity contribution in [2.45, 2.75) is 24.8 Å². The average Bonchev–Trinajstić information content (AvgIpc) is 2.16. The first kappa shape index (κ1) is 9.58. The average molecular weight is 213 g/mol. The van der Waals surface area contributed by atoms with Gasteiger partial charge in [0, 0.05) is 0 Å². The summed E-state index contributed by atoms with van der Waals surface area (Å²) in [6.07, 6.45) is 2.25. The minimum atomic E-state index is -0.498. The predicted molar refractivity (Wildman–Crippen MR) is 52.4 cm³/mol. The van der Waals surface area contributed by atoms with Crippen molar-refractivity contribution < 1.29 is 14.3 Å². The van der Waals surface area contributed by atoms with E-state index in [-0.39, 0.29) is 17.3 Å². The number of fused-ring (bicyclic) bond motifs is 1. The molecule has 0 aromatic carbocycles. The number of carbonyl (C=O) groups excluding carboxylic acids is 2. The Morgan fingerprint density at radius 3 is 3.21 bits per heavy atom. The fraction of sp³-hybridized carbons (Fsp3) is 0.556. The Kier molecular flexibility index (Phi) is 2.50. The lowest BCUT2D eigenvalue weighted by atomic mass is 10.1. The third-order valence-electron chi connectivity index (χ3n) is 2.27. The molecule has 0 saturated carbocycles. The molecule has 1 unspecified atom stereocenters. The lowest BCUT2D eigenvalue weighted by Gasteiger charge is -2.44. The quantitative estimate of drug-likeness (QED) is 0.501. The van der Waals surface area contributed by atoms with Gasteiger partial charge in [0.2, 0.25) is 5.91 Å². The van der Waals surface area contributed by atoms with Crippen molar-refractivity contribution in [3.63, 3.8) is 0 Å². The normalized spacial score (nSPS) is 29.5. The van der Waals surface area contributed by atoms with Crippen molar-refractivity contribution >= 4 is 23.6 Å². The highest BCUT2D eigenvalue weighted by atomic mass is 32.2. The zero-order valence-electron chi connectivity index (χ0n) is 7.80. The molecule has 2 aliphatic rings. The molecule has 0 radical (unpaired) electrons. The summed E-state index contributed by atoms with van der Waals surface area (Å²) in [7, 11) is 0. The molecule has 0 spiro atoms. The molecule has 1 amide bonds. The maximum atomic E-state index is 11.5. The largest absolute Gasteiger partial charge is 0.464 e. The van der Waals surface area contributed by atoms with E-state index in [0.717, 1.165) is 0 Å². The number of carbonyl (C=O) groups is 2. The van der Waals surface area contributed by atoms with Crippen molar-refractivity contribution in [1.82, 2.24) is 4.90 Å². The third-order valence-corrected chi connectivity index (χ3v) is 3.29. The van der Waals surface area contributed by atoms with Gasteiger partial charge < -0.3 is 9.64 Å². The Hall–Kier alpha value is -0.970. The molecule has 76 valence electrons. The van der Waals surface area contributed by atoms with Crippen LogP contribution in [0.25, 0.3) is 0 Å². The number of nitrogens with zero attached hydrogens (tertiary/aromatic N) is 1. The minimum absolute atomic E-state index is 0.0323. The van der Waals surface area contributed by atoms with Gasteiger partial charge in [0.25, 0.3) is 0 Å². The fourth-order valence-electron chi connectivity index (χ4n) is 1.57. The van der Waals surface area contributed by atoms with E-state index in [4.69, 9.17) is 4.74 Å². The van der Waals surface area contributed by atoms with E-state index < -0.39 is 6.04 Å². The van der Waals surface area contributed by atoms with E-state index in [1.165, 1.54) is 0 Å². The van der Waals surface area contributed by atoms with Crippen LogP contribution >= 0.6 is 11.8 Å².